The third kappa shape index (κ3) is 4.92. The lowest BCUT2D eigenvalue weighted by Crippen LogP contribution is -2.43. The SMILES string of the molecule is O=C(CC1CNCCO1)NCCN1CCCCC1. The van der Waals surface area contributed by atoms with Crippen molar-refractivity contribution < 1.29 is 9.53 Å². The fourth-order valence-corrected chi connectivity index (χ4v) is 2.57. The van der Waals surface area contributed by atoms with E-state index in [0.717, 1.165) is 26.2 Å². The fraction of sp³-hybridized carbons (Fsp3) is 0.923. The van der Waals surface area contributed by atoms with Crippen LogP contribution in [-0.2, 0) is 9.53 Å². The molecule has 0 saturated carbocycles. The number of piperidine rings is 1. The van der Waals surface area contributed by atoms with Crippen LogP contribution < -0.4 is 10.6 Å². The van der Waals surface area contributed by atoms with E-state index in [-0.39, 0.29) is 12.0 Å². The minimum Gasteiger partial charge on any atom is -0.375 e. The van der Waals surface area contributed by atoms with E-state index in [2.05, 4.69) is 15.5 Å². The van der Waals surface area contributed by atoms with E-state index in [9.17, 15) is 4.79 Å². The highest BCUT2D eigenvalue weighted by molar-refractivity contribution is 5.76. The molecule has 1 unspecified atom stereocenters. The first kappa shape index (κ1) is 13.8. The predicted octanol–water partition coefficient (Wildman–Crippen LogP) is -0.0330. The Hall–Kier alpha value is -0.650. The molecule has 2 rings (SSSR count). The first-order valence-corrected chi connectivity index (χ1v) is 7.16. The van der Waals surface area contributed by atoms with Crippen molar-refractivity contribution in [2.45, 2.75) is 31.8 Å². The summed E-state index contributed by atoms with van der Waals surface area (Å²) in [4.78, 5) is 14.1. The summed E-state index contributed by atoms with van der Waals surface area (Å²) in [5, 5.41) is 6.22. The third-order valence-corrected chi connectivity index (χ3v) is 3.62. The van der Waals surface area contributed by atoms with Gasteiger partial charge in [-0.05, 0) is 25.9 Å². The predicted molar refractivity (Wildman–Crippen MR) is 70.5 cm³/mol. The average molecular weight is 255 g/mol. The van der Waals surface area contributed by atoms with Crippen LogP contribution in [0, 0.1) is 0 Å². The molecule has 2 saturated heterocycles. The van der Waals surface area contributed by atoms with Crippen LogP contribution in [0.4, 0.5) is 0 Å². The number of carbonyl (C=O) groups is 1. The van der Waals surface area contributed by atoms with Crippen molar-refractivity contribution in [1.82, 2.24) is 15.5 Å². The Morgan fingerprint density at radius 3 is 2.89 bits per heavy atom. The number of nitrogens with one attached hydrogen (secondary N) is 2. The van der Waals surface area contributed by atoms with Crippen molar-refractivity contribution in [2.24, 2.45) is 0 Å². The molecule has 2 heterocycles. The summed E-state index contributed by atoms with van der Waals surface area (Å²) in [6, 6.07) is 0. The monoisotopic (exact) mass is 255 g/mol. The fourth-order valence-electron chi connectivity index (χ4n) is 2.57. The van der Waals surface area contributed by atoms with E-state index in [1.165, 1.54) is 32.4 Å². The van der Waals surface area contributed by atoms with Crippen LogP contribution in [0.25, 0.3) is 0 Å². The Balaban J connectivity index is 1.53. The van der Waals surface area contributed by atoms with Crippen molar-refractivity contribution in [2.75, 3.05) is 45.9 Å². The van der Waals surface area contributed by atoms with Gasteiger partial charge in [-0.1, -0.05) is 6.42 Å². The number of likely N-dealkylation sites (tertiary alicyclic amines) is 1. The lowest BCUT2D eigenvalue weighted by Gasteiger charge is -2.26. The normalized spacial score (nSPS) is 25.9. The van der Waals surface area contributed by atoms with Crippen LogP contribution >= 0.6 is 0 Å². The van der Waals surface area contributed by atoms with Crippen LogP contribution in [0.15, 0.2) is 0 Å². The molecule has 0 aromatic carbocycles. The molecule has 2 fully saturated rings. The number of nitrogens with zero attached hydrogens (tertiary/aromatic N) is 1. The van der Waals surface area contributed by atoms with E-state index < -0.39 is 0 Å². The van der Waals surface area contributed by atoms with E-state index >= 15 is 0 Å². The van der Waals surface area contributed by atoms with Gasteiger partial charge in [0.2, 0.25) is 5.91 Å². The second-order valence-corrected chi connectivity index (χ2v) is 5.15. The maximum Gasteiger partial charge on any atom is 0.222 e. The van der Waals surface area contributed by atoms with Gasteiger partial charge in [0.15, 0.2) is 0 Å². The first-order valence-electron chi connectivity index (χ1n) is 7.16. The summed E-state index contributed by atoms with van der Waals surface area (Å²) in [6.07, 6.45) is 4.49. The minimum atomic E-state index is 0.0498. The number of morpholine rings is 1. The van der Waals surface area contributed by atoms with Gasteiger partial charge in [-0.15, -0.1) is 0 Å². The molecule has 0 spiro atoms. The number of carbonyl (C=O) groups excluding carboxylic acids is 1. The Morgan fingerprint density at radius 1 is 1.33 bits per heavy atom. The van der Waals surface area contributed by atoms with Gasteiger partial charge in [0.05, 0.1) is 19.1 Å². The van der Waals surface area contributed by atoms with Crippen LogP contribution in [0.1, 0.15) is 25.7 Å². The zero-order valence-electron chi connectivity index (χ0n) is 11.1. The molecule has 104 valence electrons. The van der Waals surface area contributed by atoms with Gasteiger partial charge in [-0.25, -0.2) is 0 Å². The first-order chi connectivity index (χ1) is 8.84. The van der Waals surface area contributed by atoms with Gasteiger partial charge in [-0.2, -0.15) is 0 Å². The van der Waals surface area contributed by atoms with E-state index in [0.29, 0.717) is 13.0 Å². The zero-order valence-corrected chi connectivity index (χ0v) is 11.1. The van der Waals surface area contributed by atoms with E-state index in [1.54, 1.807) is 0 Å². The second-order valence-electron chi connectivity index (χ2n) is 5.15. The topological polar surface area (TPSA) is 53.6 Å². The zero-order chi connectivity index (χ0) is 12.6. The molecule has 1 amide bonds. The molecular weight excluding hydrogens is 230 g/mol. The molecule has 18 heavy (non-hydrogen) atoms. The van der Waals surface area contributed by atoms with Crippen LogP contribution in [0.5, 0.6) is 0 Å². The Labute approximate surface area is 109 Å². The van der Waals surface area contributed by atoms with Crippen molar-refractivity contribution in [3.63, 3.8) is 0 Å². The maximum absolute atomic E-state index is 11.7. The molecule has 0 aromatic rings. The summed E-state index contributed by atoms with van der Waals surface area (Å²) < 4.78 is 5.51. The Morgan fingerprint density at radius 2 is 2.17 bits per heavy atom. The molecule has 2 aliphatic rings. The highest BCUT2D eigenvalue weighted by Gasteiger charge is 2.17. The van der Waals surface area contributed by atoms with Gasteiger partial charge >= 0.3 is 0 Å². The Bertz CT molecular complexity index is 249. The Kier molecular flexibility index (Phi) is 5.90. The average Bonchev–Trinajstić information content (AvgIpc) is 2.41. The number of amides is 1. The number of ether oxygens (including phenoxy) is 1. The molecule has 0 bridgehead atoms. The van der Waals surface area contributed by atoms with Gasteiger partial charge in [0, 0.05) is 26.2 Å². The molecule has 2 N–H and O–H groups in total. The summed E-state index contributed by atoms with van der Waals surface area (Å²) in [5.41, 5.74) is 0. The summed E-state index contributed by atoms with van der Waals surface area (Å²) in [6.45, 7) is 6.52. The third-order valence-electron chi connectivity index (χ3n) is 3.62. The molecule has 1 atom stereocenters. The molecule has 0 aromatic heterocycles. The number of rotatable bonds is 5. The van der Waals surface area contributed by atoms with Gasteiger partial charge in [-0.3, -0.25) is 4.79 Å². The summed E-state index contributed by atoms with van der Waals surface area (Å²) in [7, 11) is 0. The molecule has 5 heteroatoms. The molecule has 0 radical (unpaired) electrons. The smallest absolute Gasteiger partial charge is 0.222 e. The van der Waals surface area contributed by atoms with Crippen molar-refractivity contribution in [3.05, 3.63) is 0 Å². The highest BCUT2D eigenvalue weighted by atomic mass is 16.5. The van der Waals surface area contributed by atoms with Crippen molar-refractivity contribution in [3.8, 4) is 0 Å². The van der Waals surface area contributed by atoms with Crippen LogP contribution in [0.2, 0.25) is 0 Å². The second kappa shape index (κ2) is 7.71. The van der Waals surface area contributed by atoms with Crippen LogP contribution in [-0.4, -0.2) is 62.8 Å². The van der Waals surface area contributed by atoms with Gasteiger partial charge in [0.25, 0.3) is 0 Å². The van der Waals surface area contributed by atoms with E-state index in [1.807, 2.05) is 0 Å². The quantitative estimate of drug-likeness (QED) is 0.724. The van der Waals surface area contributed by atoms with Crippen LogP contribution in [0.3, 0.4) is 0 Å². The summed E-state index contributed by atoms with van der Waals surface area (Å²) in [5.74, 6) is 0.112. The van der Waals surface area contributed by atoms with Gasteiger partial charge in [0.1, 0.15) is 0 Å². The minimum absolute atomic E-state index is 0.0498. The lowest BCUT2D eigenvalue weighted by molar-refractivity contribution is -0.124. The standard InChI is InChI=1S/C13H25N3O2/c17-13(10-12-11-14-5-9-18-12)15-4-8-16-6-2-1-3-7-16/h12,14H,1-11H2,(H,15,17). The molecular formula is C13H25N3O2. The molecule has 0 aliphatic carbocycles. The lowest BCUT2D eigenvalue weighted by atomic mass is 10.1. The summed E-state index contributed by atoms with van der Waals surface area (Å²) >= 11 is 0. The number of hydrogen-bond acceptors (Lipinski definition) is 4. The largest absolute Gasteiger partial charge is 0.375 e. The molecule has 5 nitrogen and oxygen atoms in total. The van der Waals surface area contributed by atoms with Crippen molar-refractivity contribution in [1.29, 1.82) is 0 Å². The van der Waals surface area contributed by atoms with Gasteiger partial charge < -0.3 is 20.3 Å². The van der Waals surface area contributed by atoms with E-state index in [4.69, 9.17) is 4.74 Å². The number of hydrogen-bond donors (Lipinski definition) is 2. The highest BCUT2D eigenvalue weighted by Crippen LogP contribution is 2.07. The van der Waals surface area contributed by atoms with Crippen molar-refractivity contribution >= 4 is 5.91 Å². The maximum atomic E-state index is 11.7. The molecule has 2 aliphatic heterocycles.